The molecule has 0 fully saturated rings. The van der Waals surface area contributed by atoms with Crippen LogP contribution in [-0.4, -0.2) is 26.8 Å². The predicted molar refractivity (Wildman–Crippen MR) is 98.5 cm³/mol. The van der Waals surface area contributed by atoms with Crippen molar-refractivity contribution in [1.82, 2.24) is 15.1 Å². The Morgan fingerprint density at radius 2 is 2.04 bits per heavy atom. The number of nitrogens with one attached hydrogen (secondary N) is 2. The monoisotopic (exact) mass is 374 g/mol. The van der Waals surface area contributed by atoms with E-state index in [1.165, 1.54) is 23.9 Å². The van der Waals surface area contributed by atoms with Crippen molar-refractivity contribution in [3.05, 3.63) is 48.0 Å². The summed E-state index contributed by atoms with van der Waals surface area (Å²) in [5.74, 6) is -0.0121. The molecule has 2 N–H and O–H groups in total. The average molecular weight is 374 g/mol. The average Bonchev–Trinajstić information content (AvgIpc) is 3.22. The zero-order valence-corrected chi connectivity index (χ0v) is 15.5. The highest BCUT2D eigenvalue weighted by Gasteiger charge is 2.19. The van der Waals surface area contributed by atoms with Gasteiger partial charge in [-0.3, -0.25) is 10.1 Å². The van der Waals surface area contributed by atoms with Gasteiger partial charge in [-0.05, 0) is 29.8 Å². The Balaban J connectivity index is 1.55. The van der Waals surface area contributed by atoms with Crippen molar-refractivity contribution in [2.75, 3.05) is 11.1 Å². The molecule has 26 heavy (non-hydrogen) atoms. The zero-order valence-electron chi connectivity index (χ0n) is 14.7. The molecule has 0 aliphatic rings. The highest BCUT2D eigenvalue weighted by molar-refractivity contribution is 7.99. The SMILES string of the molecule is CC(C)(C)c1cc(NC(=O)CSc2ncc(-c3ccc(F)cc3)[nH]2)on1. The van der Waals surface area contributed by atoms with Crippen molar-refractivity contribution >= 4 is 23.6 Å². The molecule has 2 aromatic heterocycles. The molecule has 1 amide bonds. The Morgan fingerprint density at radius 3 is 2.69 bits per heavy atom. The second-order valence-corrected chi connectivity index (χ2v) is 7.74. The number of carbonyl (C=O) groups excluding carboxylic acids is 1. The van der Waals surface area contributed by atoms with E-state index < -0.39 is 0 Å². The number of aromatic amines is 1. The summed E-state index contributed by atoms with van der Waals surface area (Å²) in [4.78, 5) is 19.4. The van der Waals surface area contributed by atoms with Gasteiger partial charge in [0, 0.05) is 11.5 Å². The number of aromatic nitrogens is 3. The Hall–Kier alpha value is -2.61. The van der Waals surface area contributed by atoms with Crippen LogP contribution in [-0.2, 0) is 10.2 Å². The highest BCUT2D eigenvalue weighted by Crippen LogP contribution is 2.24. The second kappa shape index (κ2) is 7.33. The van der Waals surface area contributed by atoms with Gasteiger partial charge >= 0.3 is 0 Å². The molecule has 0 unspecified atom stereocenters. The number of imidazole rings is 1. The number of halogens is 1. The first-order valence-corrected chi connectivity index (χ1v) is 9.00. The van der Waals surface area contributed by atoms with Gasteiger partial charge in [0.2, 0.25) is 11.8 Å². The van der Waals surface area contributed by atoms with E-state index in [4.69, 9.17) is 4.52 Å². The molecular weight excluding hydrogens is 355 g/mol. The molecule has 2 heterocycles. The second-order valence-electron chi connectivity index (χ2n) is 6.77. The van der Waals surface area contributed by atoms with Crippen LogP contribution in [0.5, 0.6) is 0 Å². The highest BCUT2D eigenvalue weighted by atomic mass is 32.2. The Kier molecular flexibility index (Phi) is 5.13. The number of thioether (sulfide) groups is 1. The van der Waals surface area contributed by atoms with Gasteiger partial charge in [0.05, 0.1) is 23.3 Å². The summed E-state index contributed by atoms with van der Waals surface area (Å²) in [6, 6.07) is 7.84. The van der Waals surface area contributed by atoms with Gasteiger partial charge < -0.3 is 9.51 Å². The van der Waals surface area contributed by atoms with Crippen LogP contribution >= 0.6 is 11.8 Å². The molecule has 0 aliphatic carbocycles. The number of anilines is 1. The lowest BCUT2D eigenvalue weighted by Crippen LogP contribution is -2.14. The predicted octanol–water partition coefficient (Wildman–Crippen LogP) is 4.23. The normalized spacial score (nSPS) is 11.5. The Labute approximate surface area is 154 Å². The lowest BCUT2D eigenvalue weighted by Gasteiger charge is -2.12. The van der Waals surface area contributed by atoms with Gasteiger partial charge in [0.15, 0.2) is 5.16 Å². The number of H-pyrrole nitrogens is 1. The van der Waals surface area contributed by atoms with Crippen molar-refractivity contribution in [2.45, 2.75) is 31.3 Å². The summed E-state index contributed by atoms with van der Waals surface area (Å²) in [7, 11) is 0. The minimum Gasteiger partial charge on any atom is -0.338 e. The van der Waals surface area contributed by atoms with Gasteiger partial charge in [-0.1, -0.05) is 37.7 Å². The number of hydrogen-bond donors (Lipinski definition) is 2. The standard InChI is InChI=1S/C18H19FN4O2S/c1-18(2,3)14-8-16(25-23-14)22-15(24)10-26-17-20-9-13(21-17)11-4-6-12(19)7-5-11/h4-9H,10H2,1-3H3,(H,20,21)(H,22,24). The van der Waals surface area contributed by atoms with Crippen LogP contribution in [0, 0.1) is 5.82 Å². The lowest BCUT2D eigenvalue weighted by atomic mass is 9.92. The van der Waals surface area contributed by atoms with E-state index in [-0.39, 0.29) is 22.9 Å². The van der Waals surface area contributed by atoms with E-state index in [9.17, 15) is 9.18 Å². The molecule has 6 nitrogen and oxygen atoms in total. The van der Waals surface area contributed by atoms with E-state index in [2.05, 4.69) is 20.4 Å². The van der Waals surface area contributed by atoms with Crippen molar-refractivity contribution in [2.24, 2.45) is 0 Å². The van der Waals surface area contributed by atoms with Crippen molar-refractivity contribution < 1.29 is 13.7 Å². The minimum absolute atomic E-state index is 0.147. The summed E-state index contributed by atoms with van der Waals surface area (Å²) >= 11 is 1.26. The summed E-state index contributed by atoms with van der Waals surface area (Å²) in [6.45, 7) is 6.05. The third-order valence-corrected chi connectivity index (χ3v) is 4.48. The first-order valence-electron chi connectivity index (χ1n) is 8.02. The lowest BCUT2D eigenvalue weighted by molar-refractivity contribution is -0.113. The Bertz CT molecular complexity index is 897. The summed E-state index contributed by atoms with van der Waals surface area (Å²) < 4.78 is 18.1. The van der Waals surface area contributed by atoms with Crippen LogP contribution in [0.1, 0.15) is 26.5 Å². The number of nitrogens with zero attached hydrogens (tertiary/aromatic N) is 2. The molecule has 3 aromatic rings. The smallest absolute Gasteiger partial charge is 0.237 e. The topological polar surface area (TPSA) is 83.8 Å². The molecule has 0 spiro atoms. The Morgan fingerprint density at radius 1 is 1.31 bits per heavy atom. The number of carbonyl (C=O) groups is 1. The fraction of sp³-hybridized carbons (Fsp3) is 0.278. The third kappa shape index (κ3) is 4.51. The molecule has 0 aliphatic heterocycles. The maximum absolute atomic E-state index is 13.0. The van der Waals surface area contributed by atoms with Crippen LogP contribution in [0.15, 0.2) is 46.2 Å². The molecule has 3 rings (SSSR count). The quantitative estimate of drug-likeness (QED) is 0.653. The van der Waals surface area contributed by atoms with E-state index >= 15 is 0 Å². The molecule has 136 valence electrons. The molecular formula is C18H19FN4O2S. The van der Waals surface area contributed by atoms with Crippen LogP contribution in [0.4, 0.5) is 10.3 Å². The number of amides is 1. The molecule has 0 radical (unpaired) electrons. The van der Waals surface area contributed by atoms with Crippen molar-refractivity contribution in [1.29, 1.82) is 0 Å². The minimum atomic E-state index is -0.290. The summed E-state index contributed by atoms with van der Waals surface area (Å²) in [6.07, 6.45) is 1.65. The molecule has 8 heteroatoms. The van der Waals surface area contributed by atoms with Crippen molar-refractivity contribution in [3.63, 3.8) is 0 Å². The number of hydrogen-bond acceptors (Lipinski definition) is 5. The first kappa shape index (κ1) is 18.2. The number of rotatable bonds is 5. The van der Waals surface area contributed by atoms with Gasteiger partial charge in [0.1, 0.15) is 5.82 Å². The van der Waals surface area contributed by atoms with E-state index in [1.54, 1.807) is 24.4 Å². The fourth-order valence-corrected chi connectivity index (χ4v) is 2.80. The largest absolute Gasteiger partial charge is 0.338 e. The maximum atomic E-state index is 13.0. The van der Waals surface area contributed by atoms with Crippen LogP contribution in [0.3, 0.4) is 0 Å². The molecule has 0 atom stereocenters. The van der Waals surface area contributed by atoms with Crippen LogP contribution < -0.4 is 5.32 Å². The van der Waals surface area contributed by atoms with Crippen LogP contribution in [0.25, 0.3) is 11.3 Å². The molecule has 1 aromatic carbocycles. The van der Waals surface area contributed by atoms with Gasteiger partial charge in [0.25, 0.3) is 0 Å². The van der Waals surface area contributed by atoms with E-state index in [0.29, 0.717) is 11.0 Å². The van der Waals surface area contributed by atoms with Crippen molar-refractivity contribution in [3.8, 4) is 11.3 Å². The molecule has 0 bridgehead atoms. The molecule has 0 saturated heterocycles. The van der Waals surface area contributed by atoms with Gasteiger partial charge in [-0.15, -0.1) is 0 Å². The van der Waals surface area contributed by atoms with E-state index in [1.807, 2.05) is 20.8 Å². The summed E-state index contributed by atoms with van der Waals surface area (Å²) in [5, 5.41) is 7.24. The van der Waals surface area contributed by atoms with Gasteiger partial charge in [-0.2, -0.15) is 0 Å². The third-order valence-electron chi connectivity index (χ3n) is 3.59. The van der Waals surface area contributed by atoms with Gasteiger partial charge in [-0.25, -0.2) is 9.37 Å². The zero-order chi connectivity index (χ0) is 18.7. The number of benzene rings is 1. The van der Waals surface area contributed by atoms with Crippen LogP contribution in [0.2, 0.25) is 0 Å². The van der Waals surface area contributed by atoms with E-state index in [0.717, 1.165) is 17.0 Å². The fourth-order valence-electron chi connectivity index (χ4n) is 2.15. The summed E-state index contributed by atoms with van der Waals surface area (Å²) in [5.41, 5.74) is 2.21. The molecule has 0 saturated carbocycles. The maximum Gasteiger partial charge on any atom is 0.237 e. The first-order chi connectivity index (χ1) is 12.3.